The molecule has 0 saturated heterocycles. The first-order chi connectivity index (χ1) is 23.2. The third kappa shape index (κ3) is 6.71. The van der Waals surface area contributed by atoms with E-state index in [0.717, 1.165) is 51.4 Å². The molecule has 5 fully saturated rings. The molecule has 0 aliphatic heterocycles. The first kappa shape index (κ1) is 39.3. The van der Waals surface area contributed by atoms with E-state index in [-0.39, 0.29) is 64.5 Å². The van der Waals surface area contributed by atoms with Crippen LogP contribution in [-0.4, -0.2) is 58.5 Å². The molecule has 1 amide bonds. The molecule has 0 bridgehead atoms. The second kappa shape index (κ2) is 13.8. The van der Waals surface area contributed by atoms with Gasteiger partial charge in [0.2, 0.25) is 5.91 Å². The number of carbonyl (C=O) groups is 3. The summed E-state index contributed by atoms with van der Waals surface area (Å²) in [5.41, 5.74) is 0.853. The van der Waals surface area contributed by atoms with E-state index in [1.807, 2.05) is 13.8 Å². The number of hydrogen-bond acceptors (Lipinski definition) is 6. The SMILES string of the molecule is C=C(C)[C@@H]1CC[C@]2(CC(=O)NCCC(O)CO)CC[C@]3(C)[C@H](CC[C@@H]4[C@@]5(C)CC[C@H](OC(=O)CC(C)(C)CC(=O)O)C(C)(C)[C@@H]5CC[C@]43C)[C@@H]12. The molecule has 50 heavy (non-hydrogen) atoms. The number of esters is 1. The molecule has 0 aromatic heterocycles. The van der Waals surface area contributed by atoms with E-state index in [1.165, 1.54) is 18.4 Å². The first-order valence-electron chi connectivity index (χ1n) is 19.8. The van der Waals surface area contributed by atoms with E-state index in [2.05, 4.69) is 53.4 Å². The highest BCUT2D eigenvalue weighted by Gasteiger charge is 2.71. The summed E-state index contributed by atoms with van der Waals surface area (Å²) in [7, 11) is 0. The van der Waals surface area contributed by atoms with Gasteiger partial charge < -0.3 is 25.4 Å². The summed E-state index contributed by atoms with van der Waals surface area (Å²) in [6, 6.07) is 0. The number of fused-ring (bicyclic) bond motifs is 7. The lowest BCUT2D eigenvalue weighted by Gasteiger charge is -2.73. The van der Waals surface area contributed by atoms with Gasteiger partial charge in [-0.25, -0.2) is 0 Å². The number of allylic oxidation sites excluding steroid dienone is 1. The summed E-state index contributed by atoms with van der Waals surface area (Å²) in [6.45, 7) is 22.8. The van der Waals surface area contributed by atoms with Gasteiger partial charge >= 0.3 is 11.9 Å². The maximum absolute atomic E-state index is 13.5. The number of carboxylic acid groups (broad SMARTS) is 1. The van der Waals surface area contributed by atoms with E-state index in [0.29, 0.717) is 49.0 Å². The Balaban J connectivity index is 1.36. The largest absolute Gasteiger partial charge is 0.481 e. The first-order valence-corrected chi connectivity index (χ1v) is 19.8. The number of aliphatic hydroxyl groups is 2. The zero-order chi connectivity index (χ0) is 37.1. The van der Waals surface area contributed by atoms with Crippen molar-refractivity contribution in [2.45, 2.75) is 157 Å². The molecule has 8 heteroatoms. The van der Waals surface area contributed by atoms with Crippen molar-refractivity contribution in [2.75, 3.05) is 13.2 Å². The van der Waals surface area contributed by atoms with Gasteiger partial charge in [-0.3, -0.25) is 14.4 Å². The molecule has 0 heterocycles. The van der Waals surface area contributed by atoms with Gasteiger partial charge in [0, 0.05) is 18.4 Å². The average Bonchev–Trinajstić information content (AvgIpc) is 3.37. The lowest BCUT2D eigenvalue weighted by molar-refractivity contribution is -0.250. The van der Waals surface area contributed by atoms with Crippen molar-refractivity contribution in [3.05, 3.63) is 12.2 Å². The van der Waals surface area contributed by atoms with Gasteiger partial charge in [-0.05, 0) is 134 Å². The Morgan fingerprint density at radius 3 is 2.24 bits per heavy atom. The summed E-state index contributed by atoms with van der Waals surface area (Å²) in [4.78, 5) is 38.0. The van der Waals surface area contributed by atoms with Crippen molar-refractivity contribution >= 4 is 17.8 Å². The van der Waals surface area contributed by atoms with Crippen LogP contribution in [0.3, 0.4) is 0 Å². The lowest BCUT2D eigenvalue weighted by atomic mass is 9.32. The molecule has 0 aromatic carbocycles. The van der Waals surface area contributed by atoms with Crippen LogP contribution < -0.4 is 5.32 Å². The highest BCUT2D eigenvalue weighted by atomic mass is 16.5. The smallest absolute Gasteiger partial charge is 0.306 e. The minimum absolute atomic E-state index is 0.0271. The fraction of sp³-hybridized carbons (Fsp3) is 0.881. The van der Waals surface area contributed by atoms with Crippen molar-refractivity contribution in [3.8, 4) is 0 Å². The topological polar surface area (TPSA) is 133 Å². The number of aliphatic carboxylic acids is 1. The fourth-order valence-corrected chi connectivity index (χ4v) is 13.7. The van der Waals surface area contributed by atoms with Crippen LogP contribution in [0.15, 0.2) is 12.2 Å². The highest BCUT2D eigenvalue weighted by Crippen LogP contribution is 2.78. The van der Waals surface area contributed by atoms with E-state index in [1.54, 1.807) is 0 Å². The van der Waals surface area contributed by atoms with Crippen molar-refractivity contribution in [1.29, 1.82) is 0 Å². The van der Waals surface area contributed by atoms with Crippen LogP contribution in [0, 0.1) is 62.1 Å². The lowest BCUT2D eigenvalue weighted by Crippen LogP contribution is -2.67. The number of ether oxygens (including phenoxy) is 1. The predicted molar refractivity (Wildman–Crippen MR) is 195 cm³/mol. The number of aliphatic hydroxyl groups excluding tert-OH is 2. The second-order valence-corrected chi connectivity index (χ2v) is 19.9. The third-order valence-electron chi connectivity index (χ3n) is 16.2. The standard InChI is InChI=1S/C42H69NO7/c1-26(2)28-12-18-42(22-33(46)43-21-15-27(45)25-44)20-19-40(8)29(36(28)42)10-11-31-39(7)16-14-32(38(5,6)30(39)13-17-41(31,40)9)50-35(49)24-37(3,4)23-34(47)48/h27-32,36,44-45H,1,10-25H2,2-9H3,(H,43,46)(H,47,48)/t27?,28-,29+,30-,31+,32-,36+,39-,40+,41+,42+/m0/s1. The molecule has 5 aliphatic rings. The monoisotopic (exact) mass is 700 g/mol. The molecule has 0 aromatic rings. The Bertz CT molecular complexity index is 1320. The Kier molecular flexibility index (Phi) is 10.8. The van der Waals surface area contributed by atoms with E-state index >= 15 is 0 Å². The van der Waals surface area contributed by atoms with Crippen LogP contribution in [-0.2, 0) is 19.1 Å². The van der Waals surface area contributed by atoms with Crippen LogP contribution >= 0.6 is 0 Å². The molecule has 5 rings (SSSR count). The summed E-state index contributed by atoms with van der Waals surface area (Å²) >= 11 is 0. The molecule has 0 radical (unpaired) electrons. The van der Waals surface area contributed by atoms with Crippen LogP contribution in [0.5, 0.6) is 0 Å². The predicted octanol–water partition coefficient (Wildman–Crippen LogP) is 7.70. The number of nitrogens with one attached hydrogen (secondary N) is 1. The Labute approximate surface area is 302 Å². The molecule has 4 N–H and O–H groups in total. The minimum atomic E-state index is -0.894. The maximum Gasteiger partial charge on any atom is 0.306 e. The Hall–Kier alpha value is -1.93. The average molecular weight is 700 g/mol. The zero-order valence-corrected chi connectivity index (χ0v) is 32.5. The third-order valence-corrected chi connectivity index (χ3v) is 16.2. The molecule has 5 saturated carbocycles. The van der Waals surface area contributed by atoms with Gasteiger partial charge in [-0.1, -0.05) is 60.6 Å². The second-order valence-electron chi connectivity index (χ2n) is 19.9. The summed E-state index contributed by atoms with van der Waals surface area (Å²) in [5.74, 6) is 1.30. The molecule has 284 valence electrons. The quantitative estimate of drug-likeness (QED) is 0.121. The molecule has 8 nitrogen and oxygen atoms in total. The molecular formula is C42H69NO7. The van der Waals surface area contributed by atoms with E-state index in [4.69, 9.17) is 4.74 Å². The Morgan fingerprint density at radius 2 is 1.60 bits per heavy atom. The Morgan fingerprint density at radius 1 is 0.900 bits per heavy atom. The van der Waals surface area contributed by atoms with Gasteiger partial charge in [-0.2, -0.15) is 0 Å². The molecule has 1 unspecified atom stereocenters. The fourth-order valence-electron chi connectivity index (χ4n) is 13.7. The van der Waals surface area contributed by atoms with Crippen LogP contribution in [0.1, 0.15) is 145 Å². The van der Waals surface area contributed by atoms with Crippen molar-refractivity contribution in [3.63, 3.8) is 0 Å². The van der Waals surface area contributed by atoms with Gasteiger partial charge in [0.05, 0.1) is 25.6 Å². The molecule has 5 aliphatic carbocycles. The molecular weight excluding hydrogens is 630 g/mol. The number of hydrogen-bond donors (Lipinski definition) is 4. The minimum Gasteiger partial charge on any atom is -0.481 e. The van der Waals surface area contributed by atoms with Gasteiger partial charge in [0.1, 0.15) is 6.10 Å². The molecule has 0 spiro atoms. The van der Waals surface area contributed by atoms with Crippen molar-refractivity contribution in [2.24, 2.45) is 62.1 Å². The van der Waals surface area contributed by atoms with E-state index in [9.17, 15) is 29.7 Å². The van der Waals surface area contributed by atoms with Gasteiger partial charge in [0.25, 0.3) is 0 Å². The summed E-state index contributed by atoms with van der Waals surface area (Å²) in [5, 5.41) is 31.4. The number of amides is 1. The van der Waals surface area contributed by atoms with Crippen molar-refractivity contribution < 1.29 is 34.4 Å². The van der Waals surface area contributed by atoms with Crippen LogP contribution in [0.25, 0.3) is 0 Å². The summed E-state index contributed by atoms with van der Waals surface area (Å²) in [6.07, 6.45) is 10.8. The van der Waals surface area contributed by atoms with E-state index < -0.39 is 17.5 Å². The highest BCUT2D eigenvalue weighted by molar-refractivity contribution is 5.77. The van der Waals surface area contributed by atoms with Crippen LogP contribution in [0.2, 0.25) is 0 Å². The number of carbonyl (C=O) groups excluding carboxylic acids is 2. The zero-order valence-electron chi connectivity index (χ0n) is 32.5. The maximum atomic E-state index is 13.5. The summed E-state index contributed by atoms with van der Waals surface area (Å²) < 4.78 is 6.25. The normalized spacial score (nSPS) is 41.1. The van der Waals surface area contributed by atoms with Gasteiger partial charge in [-0.15, -0.1) is 0 Å². The molecule has 11 atom stereocenters. The van der Waals surface area contributed by atoms with Crippen molar-refractivity contribution in [1.82, 2.24) is 5.32 Å². The number of carboxylic acids is 1. The van der Waals surface area contributed by atoms with Crippen LogP contribution in [0.4, 0.5) is 0 Å². The number of rotatable bonds is 12. The van der Waals surface area contributed by atoms with Gasteiger partial charge in [0.15, 0.2) is 0 Å².